The number of nitrogens with zero attached hydrogens (tertiary/aromatic N) is 4. The molecule has 0 aliphatic carbocycles. The van der Waals surface area contributed by atoms with E-state index in [4.69, 9.17) is 9.72 Å². The largest absolute Gasteiger partial charge is 0.384 e. The van der Waals surface area contributed by atoms with E-state index in [2.05, 4.69) is 56.1 Å². The molecule has 0 spiro atoms. The zero-order valence-corrected chi connectivity index (χ0v) is 19.9. The van der Waals surface area contributed by atoms with Gasteiger partial charge in [0.1, 0.15) is 5.69 Å². The van der Waals surface area contributed by atoms with Gasteiger partial charge in [0.25, 0.3) is 0 Å². The average Bonchev–Trinajstić information content (AvgIpc) is 3.33. The molecule has 1 aliphatic heterocycles. The fraction of sp³-hybridized carbons (Fsp3) is 0.440. The molecule has 0 amide bonds. The summed E-state index contributed by atoms with van der Waals surface area (Å²) in [5, 5.41) is 12.0. The van der Waals surface area contributed by atoms with Crippen molar-refractivity contribution in [3.63, 3.8) is 0 Å². The summed E-state index contributed by atoms with van der Waals surface area (Å²) in [6, 6.07) is 0. The van der Waals surface area contributed by atoms with Crippen LogP contribution in [0.3, 0.4) is 0 Å². The Morgan fingerprint density at radius 2 is 2.27 bits per heavy atom. The van der Waals surface area contributed by atoms with Gasteiger partial charge in [-0.1, -0.05) is 31.2 Å². The second-order valence-corrected chi connectivity index (χ2v) is 8.02. The second-order valence-electron chi connectivity index (χ2n) is 8.02. The van der Waals surface area contributed by atoms with Crippen molar-refractivity contribution in [2.45, 2.75) is 46.0 Å². The molecule has 8 heteroatoms. The number of aliphatic imine (C=N–C) groups is 1. The number of aryl methyl sites for hydroxylation is 1. The zero-order valence-electron chi connectivity index (χ0n) is 19.9. The summed E-state index contributed by atoms with van der Waals surface area (Å²) in [6.07, 6.45) is 14.2. The first kappa shape index (κ1) is 24.5. The number of fused-ring (bicyclic) bond motifs is 1. The molecule has 1 aliphatic rings. The molecule has 0 bridgehead atoms. The Balaban J connectivity index is 1.75. The summed E-state index contributed by atoms with van der Waals surface area (Å²) in [4.78, 5) is 16.9. The number of aromatic amines is 2. The summed E-state index contributed by atoms with van der Waals surface area (Å²) in [5.41, 5.74) is 6.17. The Kier molecular flexibility index (Phi) is 9.53. The van der Waals surface area contributed by atoms with E-state index >= 15 is 0 Å². The Morgan fingerprint density at radius 1 is 1.39 bits per heavy atom. The van der Waals surface area contributed by atoms with E-state index in [0.717, 1.165) is 78.8 Å². The van der Waals surface area contributed by atoms with Crippen LogP contribution in [0.1, 0.15) is 44.0 Å². The molecule has 2 aromatic heterocycles. The molecule has 0 atom stereocenters. The third-order valence-corrected chi connectivity index (χ3v) is 5.48. The van der Waals surface area contributed by atoms with Crippen LogP contribution >= 0.6 is 0 Å². The monoisotopic (exact) mass is 449 g/mol. The maximum atomic E-state index is 5.19. The zero-order chi connectivity index (χ0) is 23.5. The molecule has 3 rings (SSSR count). The van der Waals surface area contributed by atoms with Crippen LogP contribution in [0, 0.1) is 6.92 Å². The normalized spacial score (nSPS) is 13.9. The van der Waals surface area contributed by atoms with Gasteiger partial charge in [0.15, 0.2) is 11.3 Å². The number of methoxy groups -OCH3 is 1. The van der Waals surface area contributed by atoms with Gasteiger partial charge in [0.2, 0.25) is 0 Å². The minimum Gasteiger partial charge on any atom is -0.384 e. The highest BCUT2D eigenvalue weighted by Gasteiger charge is 2.14. The van der Waals surface area contributed by atoms with Crippen LogP contribution < -0.4 is 16.0 Å². The number of nitrogens with one attached hydrogen (secondary N) is 3. The van der Waals surface area contributed by atoms with Gasteiger partial charge in [-0.05, 0) is 38.3 Å². The second kappa shape index (κ2) is 12.8. The number of imidazole rings is 1. The van der Waals surface area contributed by atoms with Gasteiger partial charge in [-0.3, -0.25) is 10.1 Å². The minimum atomic E-state index is 0.640. The number of H-pyrrole nitrogens is 2. The predicted octanol–water partition coefficient (Wildman–Crippen LogP) is 2.91. The van der Waals surface area contributed by atoms with Crippen molar-refractivity contribution >= 4 is 12.3 Å². The quantitative estimate of drug-likeness (QED) is 0.248. The molecule has 0 saturated heterocycles. The fourth-order valence-electron chi connectivity index (χ4n) is 3.62. The number of ether oxygens (including phenoxy) is 1. The third-order valence-electron chi connectivity index (χ3n) is 5.48. The minimum absolute atomic E-state index is 0.640. The van der Waals surface area contributed by atoms with E-state index in [1.165, 1.54) is 11.1 Å². The molecule has 33 heavy (non-hydrogen) atoms. The summed E-state index contributed by atoms with van der Waals surface area (Å²) in [6.45, 7) is 10.4. The highest BCUT2D eigenvalue weighted by Crippen LogP contribution is 2.16. The molecule has 2 aromatic rings. The van der Waals surface area contributed by atoms with Gasteiger partial charge < -0.3 is 15.0 Å². The van der Waals surface area contributed by atoms with Crippen molar-refractivity contribution in [1.29, 1.82) is 0 Å². The Morgan fingerprint density at radius 3 is 3.06 bits per heavy atom. The first-order valence-corrected chi connectivity index (χ1v) is 11.5. The van der Waals surface area contributed by atoms with E-state index in [-0.39, 0.29) is 0 Å². The van der Waals surface area contributed by atoms with Gasteiger partial charge in [-0.2, -0.15) is 5.10 Å². The predicted molar refractivity (Wildman–Crippen MR) is 134 cm³/mol. The van der Waals surface area contributed by atoms with Crippen LogP contribution in [0.15, 0.2) is 46.2 Å². The lowest BCUT2D eigenvalue weighted by Crippen LogP contribution is -2.23. The van der Waals surface area contributed by atoms with Crippen molar-refractivity contribution in [3.8, 4) is 11.5 Å². The Hall–Kier alpha value is -3.10. The van der Waals surface area contributed by atoms with Crippen molar-refractivity contribution in [2.75, 3.05) is 26.8 Å². The SMILES string of the molecule is C=CN=CC/C(=C\CC1=CN=c2[nH]nc(-c3nc(CCOC)c(C)[nH]3)c2=CC1)CNCCC. The number of rotatable bonds is 13. The first-order chi connectivity index (χ1) is 16.2. The van der Waals surface area contributed by atoms with Crippen molar-refractivity contribution in [1.82, 2.24) is 25.5 Å². The molecule has 0 saturated carbocycles. The van der Waals surface area contributed by atoms with E-state index < -0.39 is 0 Å². The number of allylic oxidation sites excluding steroid dienone is 2. The van der Waals surface area contributed by atoms with Crippen LogP contribution in [-0.2, 0) is 11.2 Å². The maximum Gasteiger partial charge on any atom is 0.159 e. The Bertz CT molecular complexity index is 1130. The summed E-state index contributed by atoms with van der Waals surface area (Å²) >= 11 is 0. The van der Waals surface area contributed by atoms with E-state index in [1.807, 2.05) is 19.3 Å². The van der Waals surface area contributed by atoms with Crippen LogP contribution in [-0.4, -0.2) is 53.2 Å². The molecule has 3 N–H and O–H groups in total. The molecule has 0 fully saturated rings. The van der Waals surface area contributed by atoms with Gasteiger partial charge in [0, 0.05) is 56.0 Å². The van der Waals surface area contributed by atoms with Crippen LogP contribution in [0.2, 0.25) is 0 Å². The lowest BCUT2D eigenvalue weighted by molar-refractivity contribution is 0.201. The summed E-state index contributed by atoms with van der Waals surface area (Å²) in [5.74, 6) is 0.761. The highest BCUT2D eigenvalue weighted by molar-refractivity contribution is 5.62. The molecule has 0 radical (unpaired) electrons. The standard InChI is InChI=1S/C25H35N7O/c1-5-13-27-16-20(11-14-26-6-2)8-7-19-9-10-21-23(31-32-24(21)28-17-19)25-29-18(3)22(30-25)12-15-33-4/h6,8,10,14,17,27H,2,5,7,9,11-13,15-16H2,1,3-4H3,(H,28,32)(H,29,30)/b20-8+,26-14?. The lowest BCUT2D eigenvalue weighted by atomic mass is 10.1. The average molecular weight is 450 g/mol. The molecule has 0 unspecified atom stereocenters. The van der Waals surface area contributed by atoms with Crippen molar-refractivity contribution < 1.29 is 4.74 Å². The summed E-state index contributed by atoms with van der Waals surface area (Å²) < 4.78 is 5.19. The van der Waals surface area contributed by atoms with Crippen LogP contribution in [0.25, 0.3) is 17.6 Å². The highest BCUT2D eigenvalue weighted by atomic mass is 16.5. The van der Waals surface area contributed by atoms with Gasteiger partial charge in [-0.15, -0.1) is 0 Å². The van der Waals surface area contributed by atoms with Gasteiger partial charge in [0.05, 0.1) is 12.3 Å². The third kappa shape index (κ3) is 6.94. The maximum absolute atomic E-state index is 5.19. The summed E-state index contributed by atoms with van der Waals surface area (Å²) in [7, 11) is 1.70. The molecular formula is C25H35N7O. The molecular weight excluding hydrogens is 414 g/mol. The lowest BCUT2D eigenvalue weighted by Gasteiger charge is -2.07. The van der Waals surface area contributed by atoms with E-state index in [1.54, 1.807) is 13.3 Å². The van der Waals surface area contributed by atoms with Crippen molar-refractivity contribution in [3.05, 3.63) is 58.3 Å². The van der Waals surface area contributed by atoms with E-state index in [9.17, 15) is 0 Å². The van der Waals surface area contributed by atoms with Crippen LogP contribution in [0.5, 0.6) is 0 Å². The number of aromatic nitrogens is 4. The molecule has 3 heterocycles. The smallest absolute Gasteiger partial charge is 0.159 e. The molecule has 8 nitrogen and oxygen atoms in total. The topological polar surface area (TPSA) is 103 Å². The Labute approximate surface area is 195 Å². The van der Waals surface area contributed by atoms with Crippen LogP contribution in [0.4, 0.5) is 0 Å². The van der Waals surface area contributed by atoms with Gasteiger partial charge in [-0.25, -0.2) is 9.98 Å². The van der Waals surface area contributed by atoms with Gasteiger partial charge >= 0.3 is 0 Å². The first-order valence-electron chi connectivity index (χ1n) is 11.5. The molecule has 0 aromatic carbocycles. The fourth-order valence-corrected chi connectivity index (χ4v) is 3.62. The number of hydrogen-bond donors (Lipinski definition) is 3. The van der Waals surface area contributed by atoms with E-state index in [0.29, 0.717) is 6.61 Å². The van der Waals surface area contributed by atoms with Crippen molar-refractivity contribution in [2.24, 2.45) is 9.98 Å². The molecule has 176 valence electrons. The number of hydrogen-bond acceptors (Lipinski definition) is 6.